The molecule has 1 aliphatic rings. The molecule has 4 rings (SSSR count). The summed E-state index contributed by atoms with van der Waals surface area (Å²) in [6, 6.07) is 14.0. The SMILES string of the molecule is N#CCn1c(C(=O)N2CCCC[C@H]2Cn2cccn2)cc2ccccc21. The lowest BCUT2D eigenvalue weighted by molar-refractivity contribution is 0.0574. The van der Waals surface area contributed by atoms with Crippen molar-refractivity contribution in [2.24, 2.45) is 0 Å². The third kappa shape index (κ3) is 2.97. The maximum absolute atomic E-state index is 13.4. The van der Waals surface area contributed by atoms with Crippen molar-refractivity contribution in [1.82, 2.24) is 19.2 Å². The van der Waals surface area contributed by atoms with E-state index in [-0.39, 0.29) is 18.5 Å². The fourth-order valence-electron chi connectivity index (χ4n) is 3.86. The molecule has 6 heteroatoms. The second-order valence-electron chi connectivity index (χ2n) is 6.71. The van der Waals surface area contributed by atoms with Crippen molar-refractivity contribution in [3.63, 3.8) is 0 Å². The lowest BCUT2D eigenvalue weighted by Crippen LogP contribution is -2.46. The van der Waals surface area contributed by atoms with Gasteiger partial charge in [-0.25, -0.2) is 0 Å². The predicted molar refractivity (Wildman–Crippen MR) is 98.5 cm³/mol. The number of hydrogen-bond acceptors (Lipinski definition) is 3. The van der Waals surface area contributed by atoms with E-state index in [1.54, 1.807) is 6.20 Å². The Morgan fingerprint density at radius 1 is 1.27 bits per heavy atom. The summed E-state index contributed by atoms with van der Waals surface area (Å²) in [7, 11) is 0. The average molecular weight is 347 g/mol. The Balaban J connectivity index is 1.68. The number of aromatic nitrogens is 3. The van der Waals surface area contributed by atoms with Crippen molar-refractivity contribution in [1.29, 1.82) is 5.26 Å². The summed E-state index contributed by atoms with van der Waals surface area (Å²) >= 11 is 0. The van der Waals surface area contributed by atoms with Crippen molar-refractivity contribution < 1.29 is 4.79 Å². The molecular formula is C20H21N5O. The number of fused-ring (bicyclic) bond motifs is 1. The fraction of sp³-hybridized carbons (Fsp3) is 0.350. The minimum atomic E-state index is 0.00769. The number of likely N-dealkylation sites (tertiary alicyclic amines) is 1. The molecule has 2 aromatic heterocycles. The Labute approximate surface area is 152 Å². The van der Waals surface area contributed by atoms with Crippen LogP contribution < -0.4 is 0 Å². The highest BCUT2D eigenvalue weighted by atomic mass is 16.2. The highest BCUT2D eigenvalue weighted by Crippen LogP contribution is 2.25. The third-order valence-corrected chi connectivity index (χ3v) is 5.10. The second kappa shape index (κ2) is 7.04. The number of amides is 1. The van der Waals surface area contributed by atoms with Gasteiger partial charge in [-0.15, -0.1) is 0 Å². The number of para-hydroxylation sites is 1. The molecule has 1 aromatic carbocycles. The molecule has 0 aliphatic carbocycles. The molecule has 6 nitrogen and oxygen atoms in total. The van der Waals surface area contributed by atoms with Gasteiger partial charge in [0.05, 0.1) is 18.7 Å². The number of hydrogen-bond donors (Lipinski definition) is 0. The first-order valence-corrected chi connectivity index (χ1v) is 9.01. The topological polar surface area (TPSA) is 66.8 Å². The predicted octanol–water partition coefficient (Wildman–Crippen LogP) is 3.06. The van der Waals surface area contributed by atoms with Crippen molar-refractivity contribution in [2.75, 3.05) is 6.54 Å². The van der Waals surface area contributed by atoms with Crippen molar-refractivity contribution in [3.8, 4) is 6.07 Å². The van der Waals surface area contributed by atoms with Gasteiger partial charge in [-0.2, -0.15) is 10.4 Å². The molecule has 26 heavy (non-hydrogen) atoms. The number of carbonyl (C=O) groups excluding carboxylic acids is 1. The summed E-state index contributed by atoms with van der Waals surface area (Å²) in [5.74, 6) is 0.00769. The van der Waals surface area contributed by atoms with Gasteiger partial charge in [-0.3, -0.25) is 9.48 Å². The standard InChI is InChI=1S/C20H21N5O/c21-9-13-25-18-8-2-1-6-16(18)14-19(25)20(26)24-12-4-3-7-17(24)15-23-11-5-10-22-23/h1-2,5-6,8,10-11,14,17H,3-4,7,12-13,15H2/t17-/m0/s1. The molecule has 1 amide bonds. The Hall–Kier alpha value is -3.07. The zero-order valence-corrected chi connectivity index (χ0v) is 14.6. The first-order valence-electron chi connectivity index (χ1n) is 9.01. The number of nitrogens with zero attached hydrogens (tertiary/aromatic N) is 5. The van der Waals surface area contributed by atoms with Crippen molar-refractivity contribution >= 4 is 16.8 Å². The summed E-state index contributed by atoms with van der Waals surface area (Å²) in [4.78, 5) is 15.3. The Bertz CT molecular complexity index is 950. The van der Waals surface area contributed by atoms with E-state index in [1.165, 1.54) is 0 Å². The van der Waals surface area contributed by atoms with Crippen LogP contribution in [0.4, 0.5) is 0 Å². The van der Waals surface area contributed by atoms with Crippen LogP contribution in [-0.2, 0) is 13.1 Å². The molecule has 3 heterocycles. The molecule has 0 saturated carbocycles. The highest BCUT2D eigenvalue weighted by Gasteiger charge is 2.30. The van der Waals surface area contributed by atoms with Crippen LogP contribution in [0, 0.1) is 11.3 Å². The molecule has 0 spiro atoms. The van der Waals surface area contributed by atoms with E-state index in [9.17, 15) is 10.1 Å². The largest absolute Gasteiger partial charge is 0.333 e. The van der Waals surface area contributed by atoms with Gasteiger partial charge in [0.15, 0.2) is 0 Å². The van der Waals surface area contributed by atoms with Crippen molar-refractivity contribution in [2.45, 2.75) is 38.4 Å². The third-order valence-electron chi connectivity index (χ3n) is 5.10. The molecule has 0 unspecified atom stereocenters. The van der Waals surface area contributed by atoms with E-state index >= 15 is 0 Å². The van der Waals surface area contributed by atoms with Crippen LogP contribution >= 0.6 is 0 Å². The zero-order chi connectivity index (χ0) is 17.9. The minimum Gasteiger partial charge on any atom is -0.333 e. The number of carbonyl (C=O) groups is 1. The molecule has 1 aliphatic heterocycles. The number of rotatable bonds is 4. The normalized spacial score (nSPS) is 17.3. The van der Waals surface area contributed by atoms with Gasteiger partial charge in [0.2, 0.25) is 0 Å². The number of nitriles is 1. The first kappa shape index (κ1) is 16.4. The van der Waals surface area contributed by atoms with Crippen LogP contribution in [-0.4, -0.2) is 37.7 Å². The second-order valence-corrected chi connectivity index (χ2v) is 6.71. The van der Waals surface area contributed by atoms with Gasteiger partial charge in [0.25, 0.3) is 5.91 Å². The molecule has 1 saturated heterocycles. The molecule has 0 radical (unpaired) electrons. The minimum absolute atomic E-state index is 0.00769. The van der Waals surface area contributed by atoms with Gasteiger partial charge in [-0.05, 0) is 37.5 Å². The fourth-order valence-corrected chi connectivity index (χ4v) is 3.86. The van der Waals surface area contributed by atoms with E-state index in [0.717, 1.165) is 36.7 Å². The van der Waals surface area contributed by atoms with Crippen LogP contribution in [0.5, 0.6) is 0 Å². The monoisotopic (exact) mass is 347 g/mol. The lowest BCUT2D eigenvalue weighted by atomic mass is 10.0. The molecule has 1 atom stereocenters. The van der Waals surface area contributed by atoms with E-state index in [1.807, 2.05) is 56.7 Å². The maximum Gasteiger partial charge on any atom is 0.270 e. The van der Waals surface area contributed by atoms with Crippen LogP contribution in [0.2, 0.25) is 0 Å². The quantitative estimate of drug-likeness (QED) is 0.728. The van der Waals surface area contributed by atoms with E-state index < -0.39 is 0 Å². The van der Waals surface area contributed by atoms with Crippen molar-refractivity contribution in [3.05, 3.63) is 54.5 Å². The Morgan fingerprint density at radius 3 is 2.96 bits per heavy atom. The zero-order valence-electron chi connectivity index (χ0n) is 14.6. The summed E-state index contributed by atoms with van der Waals surface area (Å²) in [6.07, 6.45) is 6.81. The number of benzene rings is 1. The lowest BCUT2D eigenvalue weighted by Gasteiger charge is -2.35. The molecule has 0 bridgehead atoms. The maximum atomic E-state index is 13.4. The molecule has 3 aromatic rings. The Morgan fingerprint density at radius 2 is 2.15 bits per heavy atom. The van der Waals surface area contributed by atoms with Crippen LogP contribution in [0.25, 0.3) is 10.9 Å². The van der Waals surface area contributed by atoms with Crippen LogP contribution in [0.1, 0.15) is 29.8 Å². The summed E-state index contributed by atoms with van der Waals surface area (Å²) in [5.41, 5.74) is 1.53. The van der Waals surface area contributed by atoms with Crippen LogP contribution in [0.15, 0.2) is 48.8 Å². The average Bonchev–Trinajstić information content (AvgIpc) is 3.30. The summed E-state index contributed by atoms with van der Waals surface area (Å²) < 4.78 is 3.72. The van der Waals surface area contributed by atoms with E-state index in [0.29, 0.717) is 12.2 Å². The van der Waals surface area contributed by atoms with Gasteiger partial charge in [-0.1, -0.05) is 18.2 Å². The van der Waals surface area contributed by atoms with Gasteiger partial charge >= 0.3 is 0 Å². The Kier molecular flexibility index (Phi) is 4.44. The van der Waals surface area contributed by atoms with E-state index in [4.69, 9.17) is 0 Å². The van der Waals surface area contributed by atoms with Gasteiger partial charge < -0.3 is 9.47 Å². The molecule has 0 N–H and O–H groups in total. The molecular weight excluding hydrogens is 326 g/mol. The van der Waals surface area contributed by atoms with Crippen LogP contribution in [0.3, 0.4) is 0 Å². The first-order chi connectivity index (χ1) is 12.8. The van der Waals surface area contributed by atoms with E-state index in [2.05, 4.69) is 11.2 Å². The number of piperidine rings is 1. The van der Waals surface area contributed by atoms with Gasteiger partial charge in [0.1, 0.15) is 12.2 Å². The summed E-state index contributed by atoms with van der Waals surface area (Å²) in [6.45, 7) is 1.63. The summed E-state index contributed by atoms with van der Waals surface area (Å²) in [5, 5.41) is 14.5. The van der Waals surface area contributed by atoms with Gasteiger partial charge in [0, 0.05) is 29.8 Å². The highest BCUT2D eigenvalue weighted by molar-refractivity contribution is 5.99. The smallest absolute Gasteiger partial charge is 0.270 e. The molecule has 1 fully saturated rings. The molecule has 132 valence electrons.